The smallest absolute Gasteiger partial charge is 0.320 e. The first-order valence-corrected chi connectivity index (χ1v) is 14.8. The number of pyridine rings is 1. The van der Waals surface area contributed by atoms with Gasteiger partial charge in [0.25, 0.3) is 5.91 Å². The van der Waals surface area contributed by atoms with Crippen LogP contribution >= 0.6 is 11.6 Å². The molecule has 232 valence electrons. The predicted molar refractivity (Wildman–Crippen MR) is 165 cm³/mol. The molecule has 13 heteroatoms. The molecule has 2 aromatic heterocycles. The number of ether oxygens (including phenoxy) is 1. The number of halogens is 4. The van der Waals surface area contributed by atoms with Crippen molar-refractivity contribution in [2.45, 2.75) is 31.1 Å². The Hall–Kier alpha value is -4.47. The Balaban J connectivity index is 1.42. The molecular weight excluding hydrogens is 607 g/mol. The van der Waals surface area contributed by atoms with Gasteiger partial charge >= 0.3 is 6.01 Å². The summed E-state index contributed by atoms with van der Waals surface area (Å²) in [4.78, 5) is 31.7. The second-order valence-electron chi connectivity index (χ2n) is 11.3. The Kier molecular flexibility index (Phi) is 8.48. The highest BCUT2D eigenvalue weighted by molar-refractivity contribution is 6.36. The second-order valence-corrected chi connectivity index (χ2v) is 11.6. The van der Waals surface area contributed by atoms with E-state index in [9.17, 15) is 23.2 Å². The SMILES string of the molecule is C=C(F)C(=O)N1CCN(c2nc(OC[C@@H]3C[C@@H](F)CN3C)nc3nc(-c4cccc5ccc(F)c(Cl)c45)ccc23)C[C@@H]1CC#N. The van der Waals surface area contributed by atoms with E-state index in [1.165, 1.54) is 11.0 Å². The topological polar surface area (TPSA) is 98.5 Å². The fourth-order valence-electron chi connectivity index (χ4n) is 6.08. The van der Waals surface area contributed by atoms with Gasteiger partial charge in [0.2, 0.25) is 0 Å². The van der Waals surface area contributed by atoms with Gasteiger partial charge in [-0.1, -0.05) is 42.4 Å². The van der Waals surface area contributed by atoms with Crippen LogP contribution in [0.1, 0.15) is 12.8 Å². The normalized spacial score (nSPS) is 20.5. The summed E-state index contributed by atoms with van der Waals surface area (Å²) >= 11 is 6.40. The largest absolute Gasteiger partial charge is 0.462 e. The highest BCUT2D eigenvalue weighted by atomic mass is 35.5. The maximum atomic E-state index is 14.5. The Morgan fingerprint density at radius 1 is 1.13 bits per heavy atom. The van der Waals surface area contributed by atoms with Crippen molar-refractivity contribution in [1.82, 2.24) is 24.8 Å². The minimum absolute atomic E-state index is 0.0174. The first kappa shape index (κ1) is 30.6. The number of alkyl halides is 1. The zero-order valence-electron chi connectivity index (χ0n) is 24.4. The number of carbonyl (C=O) groups is 1. The van der Waals surface area contributed by atoms with Gasteiger partial charge in [0.1, 0.15) is 24.4 Å². The van der Waals surface area contributed by atoms with Crippen molar-refractivity contribution in [2.75, 3.05) is 44.7 Å². The van der Waals surface area contributed by atoms with Gasteiger partial charge in [0.05, 0.1) is 34.6 Å². The third-order valence-electron chi connectivity index (χ3n) is 8.37. The van der Waals surface area contributed by atoms with E-state index in [2.05, 4.69) is 17.6 Å². The Labute approximate surface area is 262 Å². The summed E-state index contributed by atoms with van der Waals surface area (Å²) in [5.41, 5.74) is 1.38. The monoisotopic (exact) mass is 635 g/mol. The molecule has 6 rings (SSSR count). The van der Waals surface area contributed by atoms with Crippen molar-refractivity contribution in [2.24, 2.45) is 0 Å². The zero-order valence-corrected chi connectivity index (χ0v) is 25.1. The van der Waals surface area contributed by atoms with Crippen LogP contribution in [0.5, 0.6) is 6.01 Å². The van der Waals surface area contributed by atoms with Gasteiger partial charge in [0, 0.05) is 43.2 Å². The molecule has 45 heavy (non-hydrogen) atoms. The van der Waals surface area contributed by atoms with Crippen molar-refractivity contribution in [3.63, 3.8) is 0 Å². The Morgan fingerprint density at radius 2 is 1.96 bits per heavy atom. The summed E-state index contributed by atoms with van der Waals surface area (Å²) in [6, 6.07) is 13.3. The molecule has 1 amide bonds. The number of fused-ring (bicyclic) bond motifs is 2. The van der Waals surface area contributed by atoms with Crippen LogP contribution < -0.4 is 9.64 Å². The molecule has 0 bridgehead atoms. The lowest BCUT2D eigenvalue weighted by molar-refractivity contribution is -0.131. The van der Waals surface area contributed by atoms with Crippen LogP contribution in [0.4, 0.5) is 19.0 Å². The maximum Gasteiger partial charge on any atom is 0.320 e. The first-order chi connectivity index (χ1) is 21.6. The lowest BCUT2D eigenvalue weighted by Gasteiger charge is -2.41. The zero-order chi connectivity index (χ0) is 31.8. The molecule has 0 aliphatic carbocycles. The van der Waals surface area contributed by atoms with Crippen LogP contribution in [0.15, 0.2) is 54.9 Å². The molecule has 0 N–H and O–H groups in total. The third kappa shape index (κ3) is 5.98. The molecule has 2 fully saturated rings. The van der Waals surface area contributed by atoms with Gasteiger partial charge < -0.3 is 14.5 Å². The van der Waals surface area contributed by atoms with Crippen LogP contribution in [-0.2, 0) is 4.79 Å². The average molecular weight is 636 g/mol. The molecule has 2 saturated heterocycles. The highest BCUT2D eigenvalue weighted by Crippen LogP contribution is 2.36. The first-order valence-electron chi connectivity index (χ1n) is 14.4. The van der Waals surface area contributed by atoms with Crippen LogP contribution in [0, 0.1) is 17.1 Å². The molecule has 0 saturated carbocycles. The van der Waals surface area contributed by atoms with Crippen molar-refractivity contribution in [1.29, 1.82) is 5.26 Å². The lowest BCUT2D eigenvalue weighted by Crippen LogP contribution is -2.55. The number of carbonyl (C=O) groups excluding carboxylic acids is 1. The summed E-state index contributed by atoms with van der Waals surface area (Å²) in [7, 11) is 1.83. The number of likely N-dealkylation sites (tertiary alicyclic amines) is 1. The number of rotatable bonds is 7. The van der Waals surface area contributed by atoms with E-state index in [4.69, 9.17) is 26.3 Å². The summed E-state index contributed by atoms with van der Waals surface area (Å²) in [6.07, 6.45) is -0.653. The minimum atomic E-state index is -1.09. The maximum absolute atomic E-state index is 14.5. The Morgan fingerprint density at radius 3 is 2.69 bits per heavy atom. The summed E-state index contributed by atoms with van der Waals surface area (Å²) < 4.78 is 48.3. The number of nitrogens with zero attached hydrogens (tertiary/aromatic N) is 7. The van der Waals surface area contributed by atoms with Crippen LogP contribution in [0.3, 0.4) is 0 Å². The molecular formula is C32H29ClF3N7O2. The summed E-state index contributed by atoms with van der Waals surface area (Å²) in [5.74, 6) is -2.04. The van der Waals surface area contributed by atoms with Crippen LogP contribution in [0.2, 0.25) is 5.02 Å². The standard InChI is InChI=1S/C32H29ClF3N7O2/c1-18(34)31(44)43-13-12-42(16-21(43)10-11-37)30-24-7-9-26(23-5-3-4-19-6-8-25(36)28(33)27(19)23)38-29(24)39-32(40-30)45-17-22-14-20(35)15-41(22)2/h3-9,20-22H,1,10,12-17H2,2H3/t20-,21+,22+/m1/s1. The van der Waals surface area contributed by atoms with E-state index in [1.54, 1.807) is 24.3 Å². The highest BCUT2D eigenvalue weighted by Gasteiger charge is 2.34. The molecule has 2 aromatic carbocycles. The molecule has 2 aliphatic heterocycles. The summed E-state index contributed by atoms with van der Waals surface area (Å²) in [5, 5.41) is 11.3. The van der Waals surface area contributed by atoms with E-state index in [-0.39, 0.29) is 55.4 Å². The number of benzene rings is 2. The van der Waals surface area contributed by atoms with Gasteiger partial charge in [-0.15, -0.1) is 0 Å². The fourth-order valence-corrected chi connectivity index (χ4v) is 6.36. The molecule has 3 atom stereocenters. The molecule has 4 heterocycles. The van der Waals surface area contributed by atoms with Crippen molar-refractivity contribution >= 4 is 45.1 Å². The van der Waals surface area contributed by atoms with E-state index in [0.29, 0.717) is 40.8 Å². The van der Waals surface area contributed by atoms with Crippen LogP contribution in [-0.4, -0.2) is 88.7 Å². The number of likely N-dealkylation sites (N-methyl/N-ethyl adjacent to an activating group) is 1. The van der Waals surface area contributed by atoms with Gasteiger partial charge in [-0.05, 0) is 37.1 Å². The molecule has 0 spiro atoms. The average Bonchev–Trinajstić information content (AvgIpc) is 3.36. The number of amides is 1. The number of nitriles is 1. The van der Waals surface area contributed by atoms with Crippen molar-refractivity contribution < 1.29 is 22.7 Å². The molecule has 0 unspecified atom stereocenters. The third-order valence-corrected chi connectivity index (χ3v) is 8.74. The van der Waals surface area contributed by atoms with Gasteiger partial charge in [-0.25, -0.2) is 18.2 Å². The summed E-state index contributed by atoms with van der Waals surface area (Å²) in [6.45, 7) is 4.18. The van der Waals surface area contributed by atoms with Gasteiger partial charge in [-0.2, -0.15) is 15.2 Å². The molecule has 4 aromatic rings. The number of hydrogen-bond donors (Lipinski definition) is 0. The van der Waals surface area contributed by atoms with E-state index in [1.807, 2.05) is 29.0 Å². The lowest BCUT2D eigenvalue weighted by atomic mass is 10.0. The van der Waals surface area contributed by atoms with E-state index >= 15 is 0 Å². The van der Waals surface area contributed by atoms with Gasteiger partial charge in [0.15, 0.2) is 11.5 Å². The van der Waals surface area contributed by atoms with Crippen LogP contribution in [0.25, 0.3) is 33.1 Å². The fraction of sp³-hybridized carbons (Fsp3) is 0.344. The van der Waals surface area contributed by atoms with E-state index in [0.717, 1.165) is 5.39 Å². The second kappa shape index (κ2) is 12.5. The minimum Gasteiger partial charge on any atom is -0.462 e. The number of piperazine rings is 1. The van der Waals surface area contributed by atoms with Crippen molar-refractivity contribution in [3.8, 4) is 23.3 Å². The molecule has 2 aliphatic rings. The molecule has 0 radical (unpaired) electrons. The molecule has 9 nitrogen and oxygen atoms in total. The number of aromatic nitrogens is 3. The van der Waals surface area contributed by atoms with Gasteiger partial charge in [-0.3, -0.25) is 9.69 Å². The quantitative estimate of drug-likeness (QED) is 0.247. The Bertz CT molecular complexity index is 1850. The number of anilines is 1. The van der Waals surface area contributed by atoms with E-state index < -0.39 is 29.8 Å². The van der Waals surface area contributed by atoms with Crippen molar-refractivity contribution in [3.05, 3.63) is 65.7 Å². The predicted octanol–water partition coefficient (Wildman–Crippen LogP) is 5.47. The number of hydrogen-bond acceptors (Lipinski definition) is 8.